The van der Waals surface area contributed by atoms with Crippen molar-refractivity contribution in [3.63, 3.8) is 0 Å². The largest absolute Gasteiger partial charge is 0.497 e. The normalized spacial score (nSPS) is 25.6. The molecular formula is C45H69N11O12S. The molecule has 23 nitrogen and oxygen atoms in total. The van der Waals surface area contributed by atoms with Gasteiger partial charge in [0.2, 0.25) is 65.0 Å². The summed E-state index contributed by atoms with van der Waals surface area (Å²) in [5, 5.41) is 17.4. The van der Waals surface area contributed by atoms with Gasteiger partial charge in [-0.2, -0.15) is 11.8 Å². The van der Waals surface area contributed by atoms with Crippen LogP contribution in [0.3, 0.4) is 0 Å². The number of rotatable bonds is 18. The van der Waals surface area contributed by atoms with Gasteiger partial charge in [0, 0.05) is 34.3 Å². The molecule has 2 aliphatic heterocycles. The van der Waals surface area contributed by atoms with Crippen molar-refractivity contribution in [3.8, 4) is 5.75 Å². The molecule has 0 unspecified atom stereocenters. The number of ether oxygens (including phenoxy) is 1. The molecule has 13 N–H and O–H groups in total. The summed E-state index contributed by atoms with van der Waals surface area (Å²) in [6, 6.07) is -5.25. The smallest absolute Gasteiger partial charge is 0.246 e. The lowest BCUT2D eigenvalue weighted by atomic mass is 9.96. The molecule has 1 aromatic rings. The highest BCUT2D eigenvalue weighted by Crippen LogP contribution is 2.22. The number of likely N-dealkylation sites (tertiary alicyclic amines) is 1. The molecule has 0 aliphatic carbocycles. The van der Waals surface area contributed by atoms with E-state index in [0.717, 1.165) is 11.8 Å². The first-order valence-electron chi connectivity index (χ1n) is 24.2. The van der Waals surface area contributed by atoms with Gasteiger partial charge in [-0.25, -0.2) is 0 Å². The maximum absolute atomic E-state index is 14.7. The average molecular weight is 991 g/mol. The number of carbonyl (C=O) groups is 11. The minimum absolute atomic E-state index is 0.00436. The molecule has 0 bridgehead atoms. The van der Waals surface area contributed by atoms with Crippen LogP contribution in [0.25, 0.3) is 0 Å². The van der Waals surface area contributed by atoms with Crippen LogP contribution in [-0.4, -0.2) is 144 Å². The molecule has 11 amide bonds. The lowest BCUT2D eigenvalue weighted by molar-refractivity contribution is -0.142. The molecular weight excluding hydrogens is 919 g/mol. The molecule has 24 heteroatoms. The monoisotopic (exact) mass is 991 g/mol. The lowest BCUT2D eigenvalue weighted by Gasteiger charge is -2.31. The van der Waals surface area contributed by atoms with Crippen LogP contribution in [0.1, 0.15) is 95.2 Å². The summed E-state index contributed by atoms with van der Waals surface area (Å²) in [5.41, 5.74) is 16.7. The van der Waals surface area contributed by atoms with Gasteiger partial charge in [0.15, 0.2) is 0 Å². The third-order valence-electron chi connectivity index (χ3n) is 11.1. The van der Waals surface area contributed by atoms with E-state index >= 15 is 0 Å². The fourth-order valence-corrected chi connectivity index (χ4v) is 8.21. The molecule has 8 atom stereocenters. The number of primary amides is 3. The number of benzene rings is 1. The molecule has 3 rings (SSSR count). The molecule has 1 aromatic carbocycles. The molecule has 0 spiro atoms. The van der Waals surface area contributed by atoms with Gasteiger partial charge < -0.3 is 64.1 Å². The molecule has 69 heavy (non-hydrogen) atoms. The van der Waals surface area contributed by atoms with Crippen LogP contribution in [0.4, 0.5) is 0 Å². The van der Waals surface area contributed by atoms with Crippen molar-refractivity contribution >= 4 is 76.7 Å². The highest BCUT2D eigenvalue weighted by molar-refractivity contribution is 7.99. The predicted octanol–water partition coefficient (Wildman–Crippen LogP) is -2.50. The molecule has 2 aliphatic rings. The van der Waals surface area contributed by atoms with Crippen molar-refractivity contribution in [1.29, 1.82) is 0 Å². The Hall–Kier alpha value is -6.46. The van der Waals surface area contributed by atoms with Crippen molar-refractivity contribution < 1.29 is 61.6 Å². The first-order chi connectivity index (χ1) is 33.7. The van der Waals surface area contributed by atoms with E-state index in [-0.39, 0.29) is 37.4 Å². The Morgan fingerprint density at radius 3 is 2.12 bits per heavy atom. The molecule has 2 heterocycles. The first kappa shape index (κ1) is 51.9. The second-order valence-electron chi connectivity index (χ2n) is 17.2. The summed E-state index contributed by atoms with van der Waals surface area (Å²) in [6.07, 6.45) is -2.65. The van der Waals surface area contributed by atoms with E-state index in [2.05, 4.69) is 37.2 Å². The van der Waals surface area contributed by atoms with Crippen molar-refractivity contribution in [2.24, 2.45) is 29.0 Å². The van der Waals surface area contributed by atoms with Crippen LogP contribution in [-0.2, 0) is 59.2 Å². The quantitative estimate of drug-likeness (QED) is 0.0728. The maximum Gasteiger partial charge on any atom is 0.246 e. The average Bonchev–Trinajstić information content (AvgIpc) is 3.57. The highest BCUT2D eigenvalue weighted by Gasteiger charge is 2.40. The molecule has 2 saturated heterocycles. The number of methoxy groups -OCH3 is 1. The third kappa shape index (κ3) is 18.9. The maximum atomic E-state index is 14.7. The Morgan fingerprint density at radius 2 is 1.51 bits per heavy atom. The predicted molar refractivity (Wildman–Crippen MR) is 253 cm³/mol. The summed E-state index contributed by atoms with van der Waals surface area (Å²) < 4.78 is 32.2. The standard InChI is InChI=1S/C45H69N11O12S/c1-6-25(4)38-44(66)51-28(15-16-34(46)57)40(62)52-31(21-35(47)58)41(63)54-32(23-69-18-8-10-37(60)50-30(42(64)55-38)20-26-11-13-27(68-5)14-12-26)45(67)56-17-7-9-33(56)43(65)53-29(19-24(2)3)39(61)49-22-36(48)59/h11-14,24-25,28-33,38H,6-10,15-23H2,1-5H3,(H2,46,57)(H2,47,58)(H2,48,59)(H,49,61)(H,50,60)(H,51,66)(H,52,62)(H,53,65)(H,54,63)(H,55,64)/t25-,28-,29-,30-,31-,32-,33-,38-/m0/s1/i17D2,33D. The van der Waals surface area contributed by atoms with E-state index in [0.29, 0.717) is 22.6 Å². The number of thioether (sulfide) groups is 1. The minimum Gasteiger partial charge on any atom is -0.497 e. The number of hydrogen-bond donors (Lipinski definition) is 10. The number of nitrogens with two attached hydrogens (primary N) is 3. The SMILES string of the molecule is [2H]C1([2H])CC[C@@]([2H])(C(=O)N[C@@H](CC(C)C)C(=O)NCC(N)=O)N1C(=O)[C@@H]1CSCCCC(=O)N[C@@H](Cc2ccc(OC)cc2)C(=O)N[C@@H]([C@@H](C)CC)C(=O)N[C@@H](CCC(N)=O)C(=O)N[C@@H](CC(N)=O)C(=O)N1. The summed E-state index contributed by atoms with van der Waals surface area (Å²) in [4.78, 5) is 148. The Kier molecular flexibility index (Phi) is 21.2. The zero-order valence-electron chi connectivity index (χ0n) is 42.6. The Labute approximate surface area is 410 Å². The molecule has 0 radical (unpaired) electrons. The summed E-state index contributed by atoms with van der Waals surface area (Å²) in [5.74, 6) is -11.4. The number of amides is 11. The Bertz CT molecular complexity index is 2170. The van der Waals surface area contributed by atoms with Crippen LogP contribution in [0.15, 0.2) is 24.3 Å². The van der Waals surface area contributed by atoms with Gasteiger partial charge >= 0.3 is 0 Å². The van der Waals surface area contributed by atoms with Gasteiger partial charge in [0.1, 0.15) is 48.0 Å². The number of nitrogens with one attached hydrogen (secondary N) is 7. The van der Waals surface area contributed by atoms with E-state index in [1.807, 2.05) is 0 Å². The Morgan fingerprint density at radius 1 is 0.855 bits per heavy atom. The fraction of sp³-hybridized carbons (Fsp3) is 0.622. The minimum atomic E-state index is -2.73. The van der Waals surface area contributed by atoms with Crippen molar-refractivity contribution in [2.45, 2.75) is 134 Å². The topological polar surface area (TPSA) is 363 Å². The van der Waals surface area contributed by atoms with Gasteiger partial charge in [-0.05, 0) is 67.4 Å². The van der Waals surface area contributed by atoms with Gasteiger partial charge in [-0.1, -0.05) is 46.2 Å². The summed E-state index contributed by atoms with van der Waals surface area (Å²) >= 11 is 1.00. The number of hydrogen-bond acceptors (Lipinski definition) is 13. The van der Waals surface area contributed by atoms with Gasteiger partial charge in [0.05, 0.1) is 21.4 Å². The van der Waals surface area contributed by atoms with Gasteiger partial charge in [-0.15, -0.1) is 0 Å². The zero-order chi connectivity index (χ0) is 54.1. The number of carbonyl (C=O) groups excluding carboxylic acids is 11. The summed E-state index contributed by atoms with van der Waals surface area (Å²) in [7, 11) is 1.48. The molecule has 0 saturated carbocycles. The second kappa shape index (κ2) is 28.1. The van der Waals surface area contributed by atoms with Crippen LogP contribution in [0, 0.1) is 11.8 Å². The molecule has 0 aromatic heterocycles. The number of nitrogens with zero attached hydrogens (tertiary/aromatic N) is 1. The van der Waals surface area contributed by atoms with Crippen LogP contribution >= 0.6 is 11.8 Å². The van der Waals surface area contributed by atoms with E-state index in [9.17, 15) is 54.1 Å². The summed E-state index contributed by atoms with van der Waals surface area (Å²) in [6.45, 7) is 3.57. The van der Waals surface area contributed by atoms with Crippen molar-refractivity contribution in [1.82, 2.24) is 42.1 Å². The van der Waals surface area contributed by atoms with E-state index in [4.69, 9.17) is 24.7 Å². The van der Waals surface area contributed by atoms with E-state index in [1.165, 1.54) is 7.11 Å². The van der Waals surface area contributed by atoms with Gasteiger partial charge in [0.25, 0.3) is 0 Å². The zero-order valence-corrected chi connectivity index (χ0v) is 40.4. The second-order valence-corrected chi connectivity index (χ2v) is 18.3. The van der Waals surface area contributed by atoms with Gasteiger partial charge in [-0.3, -0.25) is 52.7 Å². The van der Waals surface area contributed by atoms with Crippen molar-refractivity contribution in [2.75, 3.05) is 31.7 Å². The first-order valence-corrected chi connectivity index (χ1v) is 23.9. The fourth-order valence-electron chi connectivity index (χ4n) is 7.23. The van der Waals surface area contributed by atoms with E-state index < -0.39 is 164 Å². The third-order valence-corrected chi connectivity index (χ3v) is 12.3. The molecule has 382 valence electrons. The van der Waals surface area contributed by atoms with Crippen LogP contribution in [0.5, 0.6) is 5.75 Å². The highest BCUT2D eigenvalue weighted by atomic mass is 32.2. The van der Waals surface area contributed by atoms with E-state index in [1.54, 1.807) is 52.0 Å². The molecule has 2 fully saturated rings. The van der Waals surface area contributed by atoms with Crippen LogP contribution < -0.4 is 59.2 Å². The van der Waals surface area contributed by atoms with Crippen molar-refractivity contribution in [3.05, 3.63) is 29.8 Å². The Balaban J connectivity index is 2.11. The lowest BCUT2D eigenvalue weighted by Crippen LogP contribution is -2.61. The van der Waals surface area contributed by atoms with Crippen LogP contribution in [0.2, 0.25) is 0 Å².